The zero-order valence-electron chi connectivity index (χ0n) is 11.4. The van der Waals surface area contributed by atoms with Crippen LogP contribution in [0.1, 0.15) is 24.0 Å². The van der Waals surface area contributed by atoms with Gasteiger partial charge in [0.15, 0.2) is 0 Å². The smallest absolute Gasteiger partial charge is 0.217 e. The van der Waals surface area contributed by atoms with Crippen molar-refractivity contribution in [3.63, 3.8) is 0 Å². The molecule has 20 heavy (non-hydrogen) atoms. The van der Waals surface area contributed by atoms with Gasteiger partial charge in [0.25, 0.3) is 0 Å². The fourth-order valence-electron chi connectivity index (χ4n) is 3.68. The molecule has 1 aliphatic carbocycles. The molecule has 2 fully saturated rings. The fourth-order valence-corrected chi connectivity index (χ4v) is 5.64. The van der Waals surface area contributed by atoms with Gasteiger partial charge in [0.05, 0.1) is 17.5 Å². The van der Waals surface area contributed by atoms with Crippen molar-refractivity contribution in [2.24, 2.45) is 0 Å². The maximum Gasteiger partial charge on any atom is 0.217 e. The lowest BCUT2D eigenvalue weighted by atomic mass is 9.94. The molecule has 5 heteroatoms. The first-order valence-corrected chi connectivity index (χ1v) is 8.79. The summed E-state index contributed by atoms with van der Waals surface area (Å²) in [7, 11) is -3.20. The number of benzene rings is 1. The lowest BCUT2D eigenvalue weighted by Crippen LogP contribution is -2.48. The molecule has 2 aliphatic heterocycles. The summed E-state index contributed by atoms with van der Waals surface area (Å²) in [6.07, 6.45) is 3.17. The Balaban J connectivity index is 1.54. The minimum absolute atomic E-state index is 0.154. The Bertz CT molecular complexity index is 611. The monoisotopic (exact) mass is 293 g/mol. The number of nitrogens with zero attached hydrogens (tertiary/aromatic N) is 1. The van der Waals surface area contributed by atoms with Crippen molar-refractivity contribution in [1.82, 2.24) is 4.31 Å². The van der Waals surface area contributed by atoms with Crippen molar-refractivity contribution in [2.45, 2.75) is 36.5 Å². The van der Waals surface area contributed by atoms with E-state index in [1.54, 1.807) is 4.31 Å². The van der Waals surface area contributed by atoms with E-state index in [1.165, 1.54) is 11.1 Å². The number of sulfonamides is 1. The van der Waals surface area contributed by atoms with Gasteiger partial charge < -0.3 is 4.74 Å². The van der Waals surface area contributed by atoms with E-state index in [4.69, 9.17) is 4.74 Å². The predicted molar refractivity (Wildman–Crippen MR) is 76.0 cm³/mol. The van der Waals surface area contributed by atoms with Gasteiger partial charge in [0, 0.05) is 19.5 Å². The molecule has 1 aromatic carbocycles. The van der Waals surface area contributed by atoms with Crippen LogP contribution in [0.25, 0.3) is 0 Å². The summed E-state index contributed by atoms with van der Waals surface area (Å²) >= 11 is 0. The Hall–Kier alpha value is -0.910. The highest BCUT2D eigenvalue weighted by molar-refractivity contribution is 7.89. The van der Waals surface area contributed by atoms with Crippen LogP contribution in [-0.4, -0.2) is 43.3 Å². The first-order chi connectivity index (χ1) is 9.59. The van der Waals surface area contributed by atoms with Crippen LogP contribution in [-0.2, 0) is 27.6 Å². The molecule has 0 N–H and O–H groups in total. The van der Waals surface area contributed by atoms with Gasteiger partial charge in [0.1, 0.15) is 0 Å². The molecule has 0 aromatic heterocycles. The fraction of sp³-hybridized carbons (Fsp3) is 0.600. The largest absolute Gasteiger partial charge is 0.373 e. The van der Waals surface area contributed by atoms with Crippen LogP contribution in [0.4, 0.5) is 0 Å². The Morgan fingerprint density at radius 3 is 2.30 bits per heavy atom. The predicted octanol–water partition coefficient (Wildman–Crippen LogP) is 1.35. The van der Waals surface area contributed by atoms with E-state index in [0.717, 1.165) is 19.4 Å². The summed E-state index contributed by atoms with van der Waals surface area (Å²) in [5, 5.41) is -0.282. The molecule has 1 spiro atoms. The van der Waals surface area contributed by atoms with Crippen LogP contribution in [0.5, 0.6) is 0 Å². The number of fused-ring (bicyclic) bond motifs is 1. The first kappa shape index (κ1) is 12.8. The highest BCUT2D eigenvalue weighted by atomic mass is 32.2. The van der Waals surface area contributed by atoms with Crippen molar-refractivity contribution in [3.8, 4) is 0 Å². The van der Waals surface area contributed by atoms with Crippen molar-refractivity contribution < 1.29 is 13.2 Å². The number of hydrogen-bond donors (Lipinski definition) is 0. The molecule has 0 radical (unpaired) electrons. The number of hydrogen-bond acceptors (Lipinski definition) is 3. The van der Waals surface area contributed by atoms with Gasteiger partial charge in [0.2, 0.25) is 10.0 Å². The van der Waals surface area contributed by atoms with Gasteiger partial charge in [-0.3, -0.25) is 0 Å². The van der Waals surface area contributed by atoms with E-state index < -0.39 is 10.0 Å². The summed E-state index contributed by atoms with van der Waals surface area (Å²) in [5.74, 6) is 0. The van der Waals surface area contributed by atoms with Crippen molar-refractivity contribution in [2.75, 3.05) is 19.7 Å². The summed E-state index contributed by atoms with van der Waals surface area (Å²) in [6.45, 7) is 1.96. The minimum Gasteiger partial charge on any atom is -0.373 e. The van der Waals surface area contributed by atoms with Crippen LogP contribution in [0.15, 0.2) is 24.3 Å². The highest BCUT2D eigenvalue weighted by Crippen LogP contribution is 2.39. The third kappa shape index (κ3) is 1.84. The zero-order chi connectivity index (χ0) is 13.8. The molecular formula is C15H19NO3S. The highest BCUT2D eigenvalue weighted by Gasteiger charge is 2.49. The lowest BCUT2D eigenvalue weighted by Gasteiger charge is -2.38. The summed E-state index contributed by atoms with van der Waals surface area (Å²) in [5.41, 5.74) is 2.23. The van der Waals surface area contributed by atoms with Gasteiger partial charge in [-0.05, 0) is 30.4 Å². The summed E-state index contributed by atoms with van der Waals surface area (Å²) in [6, 6.07) is 8.07. The van der Waals surface area contributed by atoms with Crippen LogP contribution < -0.4 is 0 Å². The van der Waals surface area contributed by atoms with Gasteiger partial charge in [-0.2, -0.15) is 4.31 Å². The van der Waals surface area contributed by atoms with Gasteiger partial charge in [-0.15, -0.1) is 0 Å². The van der Waals surface area contributed by atoms with Crippen LogP contribution in [0, 0.1) is 0 Å². The summed E-state index contributed by atoms with van der Waals surface area (Å²) in [4.78, 5) is 0. The Morgan fingerprint density at radius 1 is 1.15 bits per heavy atom. The van der Waals surface area contributed by atoms with Crippen molar-refractivity contribution in [1.29, 1.82) is 0 Å². The molecule has 2 saturated heterocycles. The first-order valence-electron chi connectivity index (χ1n) is 7.29. The van der Waals surface area contributed by atoms with E-state index in [1.807, 2.05) is 24.3 Å². The maximum atomic E-state index is 12.8. The van der Waals surface area contributed by atoms with Gasteiger partial charge >= 0.3 is 0 Å². The molecule has 1 atom stereocenters. The maximum absolute atomic E-state index is 12.8. The molecule has 108 valence electrons. The van der Waals surface area contributed by atoms with Gasteiger partial charge in [-0.1, -0.05) is 24.3 Å². The average molecular weight is 293 g/mol. The molecule has 0 amide bonds. The molecular weight excluding hydrogens is 274 g/mol. The van der Waals surface area contributed by atoms with E-state index in [0.29, 0.717) is 25.9 Å². The lowest BCUT2D eigenvalue weighted by molar-refractivity contribution is -0.134. The second-order valence-electron chi connectivity index (χ2n) is 6.21. The molecule has 1 aromatic rings. The van der Waals surface area contributed by atoms with Crippen LogP contribution in [0.3, 0.4) is 0 Å². The Kier molecular flexibility index (Phi) is 2.75. The molecule has 4 nitrogen and oxygen atoms in total. The third-order valence-electron chi connectivity index (χ3n) is 5.04. The number of rotatable bonds is 2. The van der Waals surface area contributed by atoms with E-state index >= 15 is 0 Å². The minimum atomic E-state index is -3.20. The van der Waals surface area contributed by atoms with E-state index in [2.05, 4.69) is 0 Å². The second kappa shape index (κ2) is 4.29. The molecule has 0 bridgehead atoms. The Labute approximate surface area is 119 Å². The molecule has 0 saturated carbocycles. The zero-order valence-corrected chi connectivity index (χ0v) is 12.2. The topological polar surface area (TPSA) is 46.6 Å². The molecule has 1 unspecified atom stereocenters. The standard InChI is InChI=1S/C15H19NO3S/c17-20(18,16-7-5-15(11-16)6-8-19-15)14-9-12-3-1-2-4-13(12)10-14/h1-4,14H,5-11H2. The molecule has 2 heterocycles. The third-order valence-corrected chi connectivity index (χ3v) is 7.25. The number of ether oxygens (including phenoxy) is 1. The average Bonchev–Trinajstić information content (AvgIpc) is 3.03. The van der Waals surface area contributed by atoms with Crippen molar-refractivity contribution in [3.05, 3.63) is 35.4 Å². The van der Waals surface area contributed by atoms with Crippen LogP contribution in [0.2, 0.25) is 0 Å². The Morgan fingerprint density at radius 2 is 1.80 bits per heavy atom. The SMILES string of the molecule is O=S(=O)(C1Cc2ccccc2C1)N1CCC2(CCO2)C1. The molecule has 4 rings (SSSR count). The van der Waals surface area contributed by atoms with E-state index in [-0.39, 0.29) is 10.9 Å². The second-order valence-corrected chi connectivity index (χ2v) is 8.42. The normalized spacial score (nSPS) is 30.6. The van der Waals surface area contributed by atoms with Crippen LogP contribution >= 0.6 is 0 Å². The van der Waals surface area contributed by atoms with Crippen molar-refractivity contribution >= 4 is 10.0 Å². The summed E-state index contributed by atoms with van der Waals surface area (Å²) < 4.78 is 32.9. The van der Waals surface area contributed by atoms with E-state index in [9.17, 15) is 8.42 Å². The van der Waals surface area contributed by atoms with Gasteiger partial charge in [-0.25, -0.2) is 8.42 Å². The molecule has 3 aliphatic rings. The quantitative estimate of drug-likeness (QED) is 0.827.